The Morgan fingerprint density at radius 3 is 2.66 bits per heavy atom. The Morgan fingerprint density at radius 2 is 1.88 bits per heavy atom. The van der Waals surface area contributed by atoms with Crippen molar-refractivity contribution in [1.29, 1.82) is 0 Å². The predicted molar refractivity (Wildman–Crippen MR) is 122 cm³/mol. The molecule has 2 aliphatic rings. The molecule has 0 spiro atoms. The van der Waals surface area contributed by atoms with Crippen LogP contribution in [0.15, 0.2) is 55.0 Å². The van der Waals surface area contributed by atoms with E-state index in [1.54, 1.807) is 22.2 Å². The van der Waals surface area contributed by atoms with Crippen molar-refractivity contribution in [2.24, 2.45) is 0 Å². The van der Waals surface area contributed by atoms with Gasteiger partial charge in [0.15, 0.2) is 5.82 Å². The molecule has 1 atom stereocenters. The summed E-state index contributed by atoms with van der Waals surface area (Å²) in [6.45, 7) is 0.684. The van der Waals surface area contributed by atoms with E-state index in [4.69, 9.17) is 11.6 Å². The van der Waals surface area contributed by atoms with Crippen LogP contribution in [0.1, 0.15) is 37.3 Å². The van der Waals surface area contributed by atoms with Crippen LogP contribution in [0, 0.1) is 0 Å². The molecular formula is C23H21ClN6O2. The summed E-state index contributed by atoms with van der Waals surface area (Å²) in [5.41, 5.74) is 2.41. The number of aromatic nitrogens is 3. The number of pyridine rings is 1. The number of anilines is 4. The molecule has 0 radical (unpaired) electrons. The van der Waals surface area contributed by atoms with Gasteiger partial charge in [-0.3, -0.25) is 19.5 Å². The van der Waals surface area contributed by atoms with Gasteiger partial charge in [-0.05, 0) is 24.5 Å². The van der Waals surface area contributed by atoms with E-state index in [2.05, 4.69) is 20.3 Å². The minimum absolute atomic E-state index is 0.0263. The van der Waals surface area contributed by atoms with Crippen LogP contribution in [-0.2, 0) is 9.59 Å². The van der Waals surface area contributed by atoms with Gasteiger partial charge in [0, 0.05) is 19.4 Å². The third kappa shape index (κ3) is 3.89. The number of carbonyl (C=O) groups excluding carboxylic acids is 2. The monoisotopic (exact) mass is 448 g/mol. The predicted octanol–water partition coefficient (Wildman–Crippen LogP) is 4.26. The fourth-order valence-corrected chi connectivity index (χ4v) is 4.40. The number of hydrogen-bond acceptors (Lipinski definition) is 6. The largest absolute Gasteiger partial charge is 0.323 e. The molecule has 5 rings (SSSR count). The normalized spacial score (nSPS) is 18.5. The molecule has 3 aromatic rings. The van der Waals surface area contributed by atoms with E-state index in [1.165, 1.54) is 6.20 Å². The minimum atomic E-state index is -0.130. The Balaban J connectivity index is 1.43. The molecule has 2 aliphatic heterocycles. The lowest BCUT2D eigenvalue weighted by Crippen LogP contribution is -2.28. The first kappa shape index (κ1) is 20.4. The van der Waals surface area contributed by atoms with Crippen LogP contribution < -0.4 is 15.1 Å². The molecule has 0 unspecified atom stereocenters. The van der Waals surface area contributed by atoms with E-state index in [9.17, 15) is 9.59 Å². The van der Waals surface area contributed by atoms with Crippen molar-refractivity contribution in [1.82, 2.24) is 15.0 Å². The lowest BCUT2D eigenvalue weighted by Gasteiger charge is -2.25. The highest BCUT2D eigenvalue weighted by Crippen LogP contribution is 2.39. The maximum absolute atomic E-state index is 12.7. The molecule has 1 N–H and O–H groups in total. The van der Waals surface area contributed by atoms with Gasteiger partial charge < -0.3 is 10.2 Å². The van der Waals surface area contributed by atoms with Gasteiger partial charge in [-0.2, -0.15) is 4.98 Å². The molecule has 32 heavy (non-hydrogen) atoms. The highest BCUT2D eigenvalue weighted by Gasteiger charge is 2.35. The van der Waals surface area contributed by atoms with Crippen molar-refractivity contribution < 1.29 is 9.59 Å². The second-order valence-electron chi connectivity index (χ2n) is 7.80. The molecule has 0 aliphatic carbocycles. The first-order valence-corrected chi connectivity index (χ1v) is 10.9. The van der Waals surface area contributed by atoms with E-state index in [-0.39, 0.29) is 17.9 Å². The maximum atomic E-state index is 12.7. The summed E-state index contributed by atoms with van der Waals surface area (Å²) in [5.74, 6) is 0.733. The first-order chi connectivity index (χ1) is 15.6. The summed E-state index contributed by atoms with van der Waals surface area (Å²) in [7, 11) is 0. The molecule has 1 aromatic carbocycles. The summed E-state index contributed by atoms with van der Waals surface area (Å²) in [5, 5.41) is 3.43. The zero-order valence-electron chi connectivity index (χ0n) is 17.2. The Kier molecular flexibility index (Phi) is 5.45. The van der Waals surface area contributed by atoms with Crippen LogP contribution in [0.4, 0.5) is 23.1 Å². The number of hydrogen-bond donors (Lipinski definition) is 1. The lowest BCUT2D eigenvalue weighted by atomic mass is 10.0. The number of halogens is 1. The Labute approximate surface area is 190 Å². The molecule has 2 fully saturated rings. The molecule has 0 bridgehead atoms. The molecule has 2 saturated heterocycles. The number of amides is 2. The molecule has 9 heteroatoms. The SMILES string of the molecule is O=C1CCCN1c1cncc(Nc2ncc(Cl)c(N3C(=O)CC[C@H]3c3ccccc3)n2)c1. The smallest absolute Gasteiger partial charge is 0.229 e. The molecule has 2 amide bonds. The zero-order valence-corrected chi connectivity index (χ0v) is 18.0. The third-order valence-electron chi connectivity index (χ3n) is 5.72. The summed E-state index contributed by atoms with van der Waals surface area (Å²) >= 11 is 6.42. The number of benzene rings is 1. The third-order valence-corrected chi connectivity index (χ3v) is 5.98. The molecule has 8 nitrogen and oxygen atoms in total. The van der Waals surface area contributed by atoms with Crippen molar-refractivity contribution >= 4 is 46.6 Å². The average molecular weight is 449 g/mol. The number of nitrogens with zero attached hydrogens (tertiary/aromatic N) is 5. The van der Waals surface area contributed by atoms with Gasteiger partial charge in [0.1, 0.15) is 5.02 Å². The Bertz CT molecular complexity index is 1170. The second kappa shape index (κ2) is 8.55. The van der Waals surface area contributed by atoms with Gasteiger partial charge in [-0.15, -0.1) is 0 Å². The summed E-state index contributed by atoms with van der Waals surface area (Å²) in [4.78, 5) is 41.2. The minimum Gasteiger partial charge on any atom is -0.323 e. The number of carbonyl (C=O) groups is 2. The van der Waals surface area contributed by atoms with Crippen molar-refractivity contribution in [2.45, 2.75) is 31.7 Å². The molecule has 162 valence electrons. The molecule has 4 heterocycles. The van der Waals surface area contributed by atoms with Crippen LogP contribution in [0.2, 0.25) is 5.02 Å². The average Bonchev–Trinajstić information content (AvgIpc) is 3.41. The number of nitrogens with one attached hydrogen (secondary N) is 1. The second-order valence-corrected chi connectivity index (χ2v) is 8.21. The summed E-state index contributed by atoms with van der Waals surface area (Å²) in [6, 6.07) is 11.6. The maximum Gasteiger partial charge on any atom is 0.229 e. The highest BCUT2D eigenvalue weighted by molar-refractivity contribution is 6.33. The van der Waals surface area contributed by atoms with Crippen LogP contribution in [-0.4, -0.2) is 33.3 Å². The van der Waals surface area contributed by atoms with Crippen molar-refractivity contribution in [3.05, 3.63) is 65.6 Å². The Hall–Kier alpha value is -3.52. The standard InChI is InChI=1S/C23H21ClN6O2/c24-18-14-26-23(27-16-11-17(13-25-12-16)29-10-4-7-20(29)31)28-22(18)30-19(8-9-21(30)32)15-5-2-1-3-6-15/h1-3,5-6,11-14,19H,4,7-10H2,(H,26,27,28)/t19-/m0/s1. The molecule has 2 aromatic heterocycles. The van der Waals surface area contributed by atoms with Gasteiger partial charge in [-0.25, -0.2) is 4.98 Å². The van der Waals surface area contributed by atoms with E-state index in [0.717, 1.165) is 17.7 Å². The molecule has 0 saturated carbocycles. The lowest BCUT2D eigenvalue weighted by molar-refractivity contribution is -0.117. The van der Waals surface area contributed by atoms with Crippen LogP contribution in [0.25, 0.3) is 0 Å². The number of rotatable bonds is 5. The molecular weight excluding hydrogens is 428 g/mol. The fourth-order valence-electron chi connectivity index (χ4n) is 4.22. The van der Waals surface area contributed by atoms with E-state index >= 15 is 0 Å². The van der Waals surface area contributed by atoms with Crippen molar-refractivity contribution in [2.75, 3.05) is 21.7 Å². The van der Waals surface area contributed by atoms with Gasteiger partial charge in [0.25, 0.3) is 0 Å². The van der Waals surface area contributed by atoms with Crippen LogP contribution in [0.5, 0.6) is 0 Å². The van der Waals surface area contributed by atoms with Gasteiger partial charge >= 0.3 is 0 Å². The summed E-state index contributed by atoms with van der Waals surface area (Å²) in [6.07, 6.45) is 7.30. The van der Waals surface area contributed by atoms with E-state index in [0.29, 0.717) is 48.3 Å². The van der Waals surface area contributed by atoms with Gasteiger partial charge in [0.2, 0.25) is 17.8 Å². The highest BCUT2D eigenvalue weighted by atomic mass is 35.5. The summed E-state index contributed by atoms with van der Waals surface area (Å²) < 4.78 is 0. The van der Waals surface area contributed by atoms with Crippen LogP contribution >= 0.6 is 11.6 Å². The topological polar surface area (TPSA) is 91.3 Å². The quantitative estimate of drug-likeness (QED) is 0.627. The van der Waals surface area contributed by atoms with Gasteiger partial charge in [0.05, 0.1) is 36.0 Å². The van der Waals surface area contributed by atoms with E-state index < -0.39 is 0 Å². The zero-order chi connectivity index (χ0) is 22.1. The Morgan fingerprint density at radius 1 is 1.03 bits per heavy atom. The van der Waals surface area contributed by atoms with Crippen molar-refractivity contribution in [3.63, 3.8) is 0 Å². The van der Waals surface area contributed by atoms with Crippen LogP contribution in [0.3, 0.4) is 0 Å². The first-order valence-electron chi connectivity index (χ1n) is 10.5. The van der Waals surface area contributed by atoms with Crippen molar-refractivity contribution in [3.8, 4) is 0 Å². The fraction of sp³-hybridized carbons (Fsp3) is 0.261. The van der Waals surface area contributed by atoms with E-state index in [1.807, 2.05) is 36.4 Å². The van der Waals surface area contributed by atoms with Gasteiger partial charge in [-0.1, -0.05) is 41.9 Å².